The average Bonchev–Trinajstić information content (AvgIpc) is 3.02. The van der Waals surface area contributed by atoms with Crippen LogP contribution in [-0.2, 0) is 0 Å². The van der Waals surface area contributed by atoms with Crippen LogP contribution in [0.25, 0.3) is 21.8 Å². The molecule has 1 heterocycles. The molecular formula is C18H14N4O2. The van der Waals surface area contributed by atoms with Crippen molar-refractivity contribution in [3.8, 4) is 0 Å². The number of fused-ring (bicyclic) bond motifs is 2. The van der Waals surface area contributed by atoms with Crippen LogP contribution in [-0.4, -0.2) is 21.1 Å². The Morgan fingerprint density at radius 3 is 2.67 bits per heavy atom. The summed E-state index contributed by atoms with van der Waals surface area (Å²) in [6.45, 7) is 0. The molecule has 24 heavy (non-hydrogen) atoms. The molecule has 0 spiro atoms. The van der Waals surface area contributed by atoms with Crippen molar-refractivity contribution in [1.29, 1.82) is 0 Å². The molecule has 0 saturated heterocycles. The van der Waals surface area contributed by atoms with Crippen molar-refractivity contribution >= 4 is 39.3 Å². The third-order valence-corrected chi connectivity index (χ3v) is 3.86. The lowest BCUT2D eigenvalue weighted by Gasteiger charge is -2.09. The number of rotatable bonds is 3. The molecule has 0 aliphatic carbocycles. The molecule has 4 N–H and O–H groups in total. The first kappa shape index (κ1) is 14.2. The van der Waals surface area contributed by atoms with E-state index in [1.807, 2.05) is 54.6 Å². The van der Waals surface area contributed by atoms with Crippen LogP contribution in [0.3, 0.4) is 0 Å². The van der Waals surface area contributed by atoms with Crippen LogP contribution in [0.4, 0.5) is 11.6 Å². The van der Waals surface area contributed by atoms with E-state index < -0.39 is 5.91 Å². The zero-order valence-electron chi connectivity index (χ0n) is 12.6. The summed E-state index contributed by atoms with van der Waals surface area (Å²) in [4.78, 5) is 19.6. The number of H-pyrrole nitrogens is 1. The molecule has 1 amide bonds. The molecule has 0 saturated carbocycles. The first-order valence-corrected chi connectivity index (χ1v) is 7.43. The summed E-state index contributed by atoms with van der Waals surface area (Å²) in [6, 6.07) is 18.8. The fraction of sp³-hybridized carbons (Fsp3) is 0. The molecule has 0 radical (unpaired) electrons. The van der Waals surface area contributed by atoms with E-state index in [0.717, 1.165) is 21.8 Å². The zero-order valence-corrected chi connectivity index (χ0v) is 12.6. The van der Waals surface area contributed by atoms with Crippen LogP contribution in [0.1, 0.15) is 10.4 Å². The number of hydroxylamine groups is 1. The highest BCUT2D eigenvalue weighted by atomic mass is 16.5. The SMILES string of the molecule is O=C(NO)c1cc(Nc2nc3ccccc3[nH]2)cc2ccccc12. The van der Waals surface area contributed by atoms with Gasteiger partial charge in [-0.2, -0.15) is 0 Å². The predicted octanol–water partition coefficient (Wildman–Crippen LogP) is 3.58. The topological polar surface area (TPSA) is 90.0 Å². The Hall–Kier alpha value is -3.38. The van der Waals surface area contributed by atoms with Crippen LogP contribution in [0, 0.1) is 0 Å². The summed E-state index contributed by atoms with van der Waals surface area (Å²) in [5, 5.41) is 13.8. The number of nitrogens with zero attached hydrogens (tertiary/aromatic N) is 1. The number of carbonyl (C=O) groups is 1. The van der Waals surface area contributed by atoms with Crippen LogP contribution in [0.5, 0.6) is 0 Å². The molecule has 0 unspecified atom stereocenters. The molecule has 1 aromatic heterocycles. The van der Waals surface area contributed by atoms with Crippen molar-refractivity contribution in [2.24, 2.45) is 0 Å². The van der Waals surface area contributed by atoms with Crippen molar-refractivity contribution in [3.63, 3.8) is 0 Å². The van der Waals surface area contributed by atoms with Crippen molar-refractivity contribution in [1.82, 2.24) is 15.4 Å². The van der Waals surface area contributed by atoms with Gasteiger partial charge in [-0.1, -0.05) is 36.4 Å². The fourth-order valence-corrected chi connectivity index (χ4v) is 2.78. The molecule has 6 nitrogen and oxygen atoms in total. The first-order valence-electron chi connectivity index (χ1n) is 7.43. The van der Waals surface area contributed by atoms with E-state index in [1.54, 1.807) is 11.5 Å². The van der Waals surface area contributed by atoms with Crippen molar-refractivity contribution in [3.05, 3.63) is 66.2 Å². The third kappa shape index (κ3) is 2.45. The highest BCUT2D eigenvalue weighted by Crippen LogP contribution is 2.26. The van der Waals surface area contributed by atoms with Gasteiger partial charge in [0.25, 0.3) is 5.91 Å². The van der Waals surface area contributed by atoms with Gasteiger partial charge in [0.15, 0.2) is 0 Å². The lowest BCUT2D eigenvalue weighted by molar-refractivity contribution is 0.0708. The minimum atomic E-state index is -0.556. The minimum Gasteiger partial charge on any atom is -0.326 e. The van der Waals surface area contributed by atoms with Crippen molar-refractivity contribution < 1.29 is 10.0 Å². The van der Waals surface area contributed by atoms with Crippen molar-refractivity contribution in [2.75, 3.05) is 5.32 Å². The number of aromatic nitrogens is 2. The third-order valence-electron chi connectivity index (χ3n) is 3.86. The second kappa shape index (κ2) is 5.68. The summed E-state index contributed by atoms with van der Waals surface area (Å²) < 4.78 is 0. The van der Waals surface area contributed by atoms with Crippen LogP contribution in [0.15, 0.2) is 60.7 Å². The molecule has 0 atom stereocenters. The van der Waals surface area contributed by atoms with Gasteiger partial charge in [0.05, 0.1) is 16.6 Å². The molecule has 0 aliphatic heterocycles. The van der Waals surface area contributed by atoms with E-state index >= 15 is 0 Å². The van der Waals surface area contributed by atoms with Gasteiger partial charge >= 0.3 is 0 Å². The Balaban J connectivity index is 1.79. The number of amides is 1. The number of hydrogen-bond acceptors (Lipinski definition) is 4. The maximum absolute atomic E-state index is 12.0. The Morgan fingerprint density at radius 2 is 1.83 bits per heavy atom. The van der Waals surface area contributed by atoms with E-state index in [4.69, 9.17) is 5.21 Å². The Kier molecular flexibility index (Phi) is 3.36. The molecule has 6 heteroatoms. The minimum absolute atomic E-state index is 0.384. The van der Waals surface area contributed by atoms with Gasteiger partial charge in [-0.05, 0) is 35.0 Å². The zero-order chi connectivity index (χ0) is 16.5. The fourth-order valence-electron chi connectivity index (χ4n) is 2.78. The predicted molar refractivity (Wildman–Crippen MR) is 92.6 cm³/mol. The summed E-state index contributed by atoms with van der Waals surface area (Å²) >= 11 is 0. The summed E-state index contributed by atoms with van der Waals surface area (Å²) in [7, 11) is 0. The van der Waals surface area contributed by atoms with Gasteiger partial charge in [0, 0.05) is 5.69 Å². The molecule has 0 bridgehead atoms. The number of aromatic amines is 1. The second-order valence-electron chi connectivity index (χ2n) is 5.41. The number of anilines is 2. The molecule has 4 aromatic rings. The number of imidazole rings is 1. The van der Waals surface area contributed by atoms with Crippen molar-refractivity contribution in [2.45, 2.75) is 0 Å². The van der Waals surface area contributed by atoms with Gasteiger partial charge in [-0.15, -0.1) is 0 Å². The standard InChI is InChI=1S/C18H14N4O2/c23-17(22-24)14-10-12(9-11-5-1-2-6-13(11)14)19-18-20-15-7-3-4-8-16(15)21-18/h1-10,24H,(H,22,23)(H2,19,20,21). The highest BCUT2D eigenvalue weighted by molar-refractivity contribution is 6.08. The number of hydrogen-bond donors (Lipinski definition) is 4. The van der Waals surface area contributed by atoms with Gasteiger partial charge in [0.2, 0.25) is 5.95 Å². The first-order chi connectivity index (χ1) is 11.7. The van der Waals surface area contributed by atoms with E-state index in [-0.39, 0.29) is 0 Å². The molecule has 3 aromatic carbocycles. The van der Waals surface area contributed by atoms with Gasteiger partial charge < -0.3 is 10.3 Å². The van der Waals surface area contributed by atoms with E-state index in [9.17, 15) is 4.79 Å². The van der Waals surface area contributed by atoms with Crippen LogP contribution in [0.2, 0.25) is 0 Å². The number of benzene rings is 3. The van der Waals surface area contributed by atoms with Crippen LogP contribution >= 0.6 is 0 Å². The molecule has 0 aliphatic rings. The van der Waals surface area contributed by atoms with Crippen LogP contribution < -0.4 is 10.8 Å². The average molecular weight is 318 g/mol. The summed E-state index contributed by atoms with van der Waals surface area (Å²) in [6.07, 6.45) is 0. The normalized spacial score (nSPS) is 10.9. The Morgan fingerprint density at radius 1 is 1.04 bits per heavy atom. The number of nitrogens with one attached hydrogen (secondary N) is 3. The molecular weight excluding hydrogens is 304 g/mol. The molecule has 4 rings (SSSR count). The van der Waals surface area contributed by atoms with E-state index in [2.05, 4.69) is 15.3 Å². The number of para-hydroxylation sites is 2. The summed E-state index contributed by atoms with van der Waals surface area (Å²) in [5.41, 5.74) is 4.56. The highest BCUT2D eigenvalue weighted by Gasteiger charge is 2.12. The van der Waals surface area contributed by atoms with Gasteiger partial charge in [0.1, 0.15) is 0 Å². The van der Waals surface area contributed by atoms with E-state index in [0.29, 0.717) is 17.2 Å². The molecule has 0 fully saturated rings. The maximum atomic E-state index is 12.0. The lowest BCUT2D eigenvalue weighted by atomic mass is 10.0. The largest absolute Gasteiger partial charge is 0.326 e. The maximum Gasteiger partial charge on any atom is 0.275 e. The second-order valence-corrected chi connectivity index (χ2v) is 5.41. The van der Waals surface area contributed by atoms with E-state index in [1.165, 1.54) is 0 Å². The van der Waals surface area contributed by atoms with Gasteiger partial charge in [-0.3, -0.25) is 10.0 Å². The summed E-state index contributed by atoms with van der Waals surface area (Å²) in [5.74, 6) is 0.0290. The quantitative estimate of drug-likeness (QED) is 0.343. The monoisotopic (exact) mass is 318 g/mol. The van der Waals surface area contributed by atoms with Gasteiger partial charge in [-0.25, -0.2) is 10.5 Å². The Bertz CT molecular complexity index is 1020. The number of carbonyl (C=O) groups excluding carboxylic acids is 1. The molecule has 118 valence electrons. The lowest BCUT2D eigenvalue weighted by Crippen LogP contribution is -2.19. The smallest absolute Gasteiger partial charge is 0.275 e. The Labute approximate surface area is 137 Å².